The van der Waals surface area contributed by atoms with E-state index in [9.17, 15) is 5.26 Å². The van der Waals surface area contributed by atoms with Crippen molar-refractivity contribution in [2.75, 3.05) is 0 Å². The standard InChI is InChI=1S/C18H12N4/c1-11-6-7-16-14(10-21-22-16)17(11)18-12(8-19)9-20-15-5-3-2-4-13(15)18/h2-7,9-10H,1H3,(H,21,22). The minimum absolute atomic E-state index is 0.579. The third kappa shape index (κ3) is 1.69. The van der Waals surface area contributed by atoms with Gasteiger partial charge in [-0.2, -0.15) is 10.4 Å². The van der Waals surface area contributed by atoms with Crippen molar-refractivity contribution in [1.82, 2.24) is 15.2 Å². The fourth-order valence-corrected chi connectivity index (χ4v) is 2.95. The molecule has 0 aliphatic carbocycles. The van der Waals surface area contributed by atoms with E-state index >= 15 is 0 Å². The lowest BCUT2D eigenvalue weighted by Crippen LogP contribution is -1.93. The summed E-state index contributed by atoms with van der Waals surface area (Å²) < 4.78 is 0. The molecular weight excluding hydrogens is 272 g/mol. The van der Waals surface area contributed by atoms with Gasteiger partial charge >= 0.3 is 0 Å². The quantitative estimate of drug-likeness (QED) is 0.575. The van der Waals surface area contributed by atoms with Crippen molar-refractivity contribution in [3.63, 3.8) is 0 Å². The summed E-state index contributed by atoms with van der Waals surface area (Å²) in [6.45, 7) is 2.05. The van der Waals surface area contributed by atoms with Crippen LogP contribution in [-0.2, 0) is 0 Å². The van der Waals surface area contributed by atoms with Crippen molar-refractivity contribution in [3.05, 3.63) is 59.9 Å². The van der Waals surface area contributed by atoms with Crippen LogP contribution in [0.15, 0.2) is 48.8 Å². The summed E-state index contributed by atoms with van der Waals surface area (Å²) in [5.74, 6) is 0. The summed E-state index contributed by atoms with van der Waals surface area (Å²) in [5, 5.41) is 18.7. The highest BCUT2D eigenvalue weighted by Gasteiger charge is 2.16. The van der Waals surface area contributed by atoms with Crippen molar-refractivity contribution in [3.8, 4) is 17.2 Å². The third-order valence-corrected chi connectivity index (χ3v) is 3.98. The number of nitriles is 1. The maximum atomic E-state index is 9.54. The van der Waals surface area contributed by atoms with E-state index < -0.39 is 0 Å². The Hall–Kier alpha value is -3.19. The summed E-state index contributed by atoms with van der Waals surface area (Å²) >= 11 is 0. The van der Waals surface area contributed by atoms with Gasteiger partial charge in [0.1, 0.15) is 6.07 Å². The second kappa shape index (κ2) is 4.68. The topological polar surface area (TPSA) is 65.4 Å². The van der Waals surface area contributed by atoms with Crippen LogP contribution in [0.4, 0.5) is 0 Å². The van der Waals surface area contributed by atoms with Crippen LogP contribution in [0.5, 0.6) is 0 Å². The van der Waals surface area contributed by atoms with Crippen LogP contribution in [0.1, 0.15) is 11.1 Å². The lowest BCUT2D eigenvalue weighted by Gasteiger charge is -2.12. The molecule has 4 nitrogen and oxygen atoms in total. The lowest BCUT2D eigenvalue weighted by molar-refractivity contribution is 1.12. The second-order valence-corrected chi connectivity index (χ2v) is 5.26. The average Bonchev–Trinajstić information content (AvgIpc) is 3.03. The molecule has 4 aromatic rings. The van der Waals surface area contributed by atoms with E-state index in [-0.39, 0.29) is 0 Å². The monoisotopic (exact) mass is 284 g/mol. The van der Waals surface area contributed by atoms with E-state index in [0.29, 0.717) is 5.56 Å². The van der Waals surface area contributed by atoms with Crippen molar-refractivity contribution in [1.29, 1.82) is 5.26 Å². The summed E-state index contributed by atoms with van der Waals surface area (Å²) in [5.41, 5.74) is 5.51. The molecule has 4 rings (SSSR count). The molecule has 0 spiro atoms. The van der Waals surface area contributed by atoms with Crippen molar-refractivity contribution in [2.24, 2.45) is 0 Å². The molecule has 104 valence electrons. The Labute approximate surface area is 127 Å². The molecule has 2 heterocycles. The van der Waals surface area contributed by atoms with Crippen LogP contribution in [-0.4, -0.2) is 15.2 Å². The van der Waals surface area contributed by atoms with Crippen LogP contribution in [0.2, 0.25) is 0 Å². The van der Waals surface area contributed by atoms with E-state index in [1.54, 1.807) is 6.20 Å². The number of rotatable bonds is 1. The highest BCUT2D eigenvalue weighted by atomic mass is 15.1. The average molecular weight is 284 g/mol. The van der Waals surface area contributed by atoms with Gasteiger partial charge in [-0.25, -0.2) is 0 Å². The first kappa shape index (κ1) is 12.5. The second-order valence-electron chi connectivity index (χ2n) is 5.26. The first-order chi connectivity index (χ1) is 10.8. The number of aromatic amines is 1. The van der Waals surface area contributed by atoms with Crippen LogP contribution < -0.4 is 0 Å². The fourth-order valence-electron chi connectivity index (χ4n) is 2.95. The lowest BCUT2D eigenvalue weighted by atomic mass is 9.91. The number of nitrogens with zero attached hydrogens (tertiary/aromatic N) is 3. The summed E-state index contributed by atoms with van der Waals surface area (Å²) in [6.07, 6.45) is 3.46. The Morgan fingerprint density at radius 3 is 2.73 bits per heavy atom. The largest absolute Gasteiger partial charge is 0.278 e. The number of aryl methyl sites for hydroxylation is 1. The van der Waals surface area contributed by atoms with Crippen LogP contribution in [0, 0.1) is 18.3 Å². The predicted molar refractivity (Wildman–Crippen MR) is 86.3 cm³/mol. The zero-order valence-corrected chi connectivity index (χ0v) is 12.0. The van der Waals surface area contributed by atoms with Gasteiger partial charge in [0, 0.05) is 22.5 Å². The van der Waals surface area contributed by atoms with Crippen LogP contribution in [0.25, 0.3) is 32.9 Å². The number of benzene rings is 2. The van der Waals surface area contributed by atoms with Gasteiger partial charge in [0.25, 0.3) is 0 Å². The Balaban J connectivity index is 2.23. The van der Waals surface area contributed by atoms with Gasteiger partial charge in [0.15, 0.2) is 0 Å². The first-order valence-electron chi connectivity index (χ1n) is 7.00. The van der Waals surface area contributed by atoms with Gasteiger partial charge in [-0.3, -0.25) is 10.1 Å². The van der Waals surface area contributed by atoms with Gasteiger partial charge in [0.2, 0.25) is 0 Å². The van der Waals surface area contributed by atoms with Gasteiger partial charge in [0.05, 0.1) is 22.8 Å². The van der Waals surface area contributed by atoms with Gasteiger partial charge in [-0.1, -0.05) is 24.3 Å². The third-order valence-electron chi connectivity index (χ3n) is 3.98. The number of H-pyrrole nitrogens is 1. The number of nitrogens with one attached hydrogen (secondary N) is 1. The summed E-state index contributed by atoms with van der Waals surface area (Å²) in [6, 6.07) is 14.2. The Bertz CT molecular complexity index is 1050. The molecule has 22 heavy (non-hydrogen) atoms. The molecule has 0 aliphatic heterocycles. The van der Waals surface area contributed by atoms with Crippen molar-refractivity contribution >= 4 is 21.8 Å². The molecule has 0 aliphatic rings. The van der Waals surface area contributed by atoms with Crippen LogP contribution >= 0.6 is 0 Å². The first-order valence-corrected chi connectivity index (χ1v) is 7.00. The molecule has 0 saturated heterocycles. The SMILES string of the molecule is Cc1ccc2[nH]ncc2c1-c1c(C#N)cnc2ccccc12. The molecule has 0 unspecified atom stereocenters. The predicted octanol–water partition coefficient (Wildman–Crippen LogP) is 3.96. The van der Waals surface area contributed by atoms with Gasteiger partial charge < -0.3 is 0 Å². The molecule has 0 radical (unpaired) electrons. The molecule has 0 atom stereocenters. The van der Waals surface area contributed by atoms with E-state index in [2.05, 4.69) is 28.2 Å². The highest BCUT2D eigenvalue weighted by molar-refractivity contribution is 6.06. The minimum atomic E-state index is 0.579. The minimum Gasteiger partial charge on any atom is -0.278 e. The number of para-hydroxylation sites is 1. The smallest absolute Gasteiger partial charge is 0.101 e. The molecule has 4 heteroatoms. The Kier molecular flexibility index (Phi) is 2.67. The van der Waals surface area contributed by atoms with Crippen molar-refractivity contribution < 1.29 is 0 Å². The molecular formula is C18H12N4. The molecule has 1 N–H and O–H groups in total. The fraction of sp³-hybridized carbons (Fsp3) is 0.0556. The maximum absolute atomic E-state index is 9.54. The molecule has 0 saturated carbocycles. The van der Waals surface area contributed by atoms with Gasteiger partial charge in [-0.15, -0.1) is 0 Å². The number of pyridine rings is 1. The summed E-state index contributed by atoms with van der Waals surface area (Å²) in [7, 11) is 0. The van der Waals surface area contributed by atoms with E-state index in [0.717, 1.165) is 38.5 Å². The number of hydrogen-bond acceptors (Lipinski definition) is 3. The van der Waals surface area contributed by atoms with E-state index in [1.807, 2.05) is 42.6 Å². The summed E-state index contributed by atoms with van der Waals surface area (Å²) in [4.78, 5) is 4.39. The van der Waals surface area contributed by atoms with Crippen LogP contribution in [0.3, 0.4) is 0 Å². The zero-order valence-electron chi connectivity index (χ0n) is 12.0. The van der Waals surface area contributed by atoms with Crippen molar-refractivity contribution in [2.45, 2.75) is 6.92 Å². The normalized spacial score (nSPS) is 10.9. The highest BCUT2D eigenvalue weighted by Crippen LogP contribution is 2.37. The molecule has 0 fully saturated rings. The maximum Gasteiger partial charge on any atom is 0.101 e. The zero-order chi connectivity index (χ0) is 15.1. The van der Waals surface area contributed by atoms with E-state index in [1.165, 1.54) is 0 Å². The Morgan fingerprint density at radius 2 is 1.86 bits per heavy atom. The molecule has 0 bridgehead atoms. The molecule has 2 aromatic heterocycles. The number of aromatic nitrogens is 3. The van der Waals surface area contributed by atoms with E-state index in [4.69, 9.17) is 0 Å². The molecule has 2 aromatic carbocycles. The van der Waals surface area contributed by atoms with Gasteiger partial charge in [-0.05, 0) is 30.2 Å². The Morgan fingerprint density at radius 1 is 1.00 bits per heavy atom. The molecule has 0 amide bonds. The number of fused-ring (bicyclic) bond motifs is 2. The number of hydrogen-bond donors (Lipinski definition) is 1.